The van der Waals surface area contributed by atoms with Crippen molar-refractivity contribution in [2.75, 3.05) is 10.6 Å². The first-order valence-electron chi connectivity index (χ1n) is 6.88. The van der Waals surface area contributed by atoms with Gasteiger partial charge in [0.25, 0.3) is 0 Å². The van der Waals surface area contributed by atoms with E-state index >= 15 is 0 Å². The summed E-state index contributed by atoms with van der Waals surface area (Å²) >= 11 is 1.47. The van der Waals surface area contributed by atoms with Crippen LogP contribution in [0.5, 0.6) is 0 Å². The van der Waals surface area contributed by atoms with Crippen molar-refractivity contribution in [1.82, 2.24) is 4.98 Å². The fraction of sp³-hybridized carbons (Fsp3) is 0.0588. The first-order chi connectivity index (χ1) is 10.7. The molecule has 0 bridgehead atoms. The number of amides is 2. The molecular weight excluding hydrogens is 294 g/mol. The van der Waals surface area contributed by atoms with E-state index in [0.29, 0.717) is 5.13 Å². The van der Waals surface area contributed by atoms with Gasteiger partial charge in [-0.1, -0.05) is 48.5 Å². The lowest BCUT2D eigenvalue weighted by molar-refractivity contribution is 0.262. The van der Waals surface area contributed by atoms with Crippen LogP contribution in [-0.2, 0) is 0 Å². The van der Waals surface area contributed by atoms with Gasteiger partial charge in [-0.2, -0.15) is 0 Å². The minimum atomic E-state index is -0.292. The van der Waals surface area contributed by atoms with E-state index in [1.807, 2.05) is 67.6 Å². The zero-order chi connectivity index (χ0) is 15.4. The first kappa shape index (κ1) is 14.3. The molecule has 0 unspecified atom stereocenters. The van der Waals surface area contributed by atoms with Gasteiger partial charge in [-0.25, -0.2) is 9.78 Å². The summed E-state index contributed by atoms with van der Waals surface area (Å²) in [5, 5.41) is 6.14. The van der Waals surface area contributed by atoms with Gasteiger partial charge in [0.2, 0.25) is 0 Å². The van der Waals surface area contributed by atoms with Crippen molar-refractivity contribution in [3.8, 4) is 11.3 Å². The number of hydrogen-bond acceptors (Lipinski definition) is 3. The third-order valence-electron chi connectivity index (χ3n) is 3.10. The molecule has 1 heterocycles. The van der Waals surface area contributed by atoms with Crippen LogP contribution in [0.2, 0.25) is 0 Å². The van der Waals surface area contributed by atoms with Crippen LogP contribution in [0.25, 0.3) is 11.3 Å². The van der Waals surface area contributed by atoms with Crippen molar-refractivity contribution in [2.24, 2.45) is 0 Å². The summed E-state index contributed by atoms with van der Waals surface area (Å²) in [6.07, 6.45) is 0. The summed E-state index contributed by atoms with van der Waals surface area (Å²) in [7, 11) is 0. The molecule has 1 aromatic heterocycles. The molecule has 0 spiro atoms. The van der Waals surface area contributed by atoms with E-state index in [9.17, 15) is 4.79 Å². The van der Waals surface area contributed by atoms with Gasteiger partial charge in [0.05, 0.1) is 5.69 Å². The molecule has 2 aromatic carbocycles. The minimum Gasteiger partial charge on any atom is -0.308 e. The number of rotatable bonds is 3. The molecule has 110 valence electrons. The summed E-state index contributed by atoms with van der Waals surface area (Å²) in [6.45, 7) is 2.00. The highest BCUT2D eigenvalue weighted by Gasteiger charge is 2.11. The number of para-hydroxylation sites is 1. The smallest absolute Gasteiger partial charge is 0.308 e. The van der Waals surface area contributed by atoms with Crippen LogP contribution < -0.4 is 10.6 Å². The zero-order valence-electron chi connectivity index (χ0n) is 12.0. The predicted molar refractivity (Wildman–Crippen MR) is 91.4 cm³/mol. The molecule has 0 saturated heterocycles. The van der Waals surface area contributed by atoms with E-state index < -0.39 is 0 Å². The van der Waals surface area contributed by atoms with E-state index in [-0.39, 0.29) is 6.03 Å². The molecular formula is C17H15N3OS. The Morgan fingerprint density at radius 1 is 0.955 bits per heavy atom. The van der Waals surface area contributed by atoms with Crippen molar-refractivity contribution < 1.29 is 4.79 Å². The molecule has 4 nitrogen and oxygen atoms in total. The van der Waals surface area contributed by atoms with Crippen LogP contribution in [0.15, 0.2) is 60.7 Å². The van der Waals surface area contributed by atoms with Crippen molar-refractivity contribution >= 4 is 28.2 Å². The maximum atomic E-state index is 12.0. The Hall–Kier alpha value is -2.66. The second-order valence-electron chi connectivity index (χ2n) is 4.73. The SMILES string of the molecule is Cc1sc(NC(=O)Nc2ccccc2)nc1-c1ccccc1. The van der Waals surface area contributed by atoms with Gasteiger partial charge >= 0.3 is 6.03 Å². The second-order valence-corrected chi connectivity index (χ2v) is 5.94. The monoisotopic (exact) mass is 309 g/mol. The lowest BCUT2D eigenvalue weighted by atomic mass is 10.1. The van der Waals surface area contributed by atoms with Gasteiger partial charge in [-0.15, -0.1) is 11.3 Å². The van der Waals surface area contributed by atoms with Crippen LogP contribution in [0.1, 0.15) is 4.88 Å². The summed E-state index contributed by atoms with van der Waals surface area (Å²) in [5.74, 6) is 0. The van der Waals surface area contributed by atoms with Gasteiger partial charge < -0.3 is 5.32 Å². The number of aromatic nitrogens is 1. The summed E-state index contributed by atoms with van der Waals surface area (Å²) < 4.78 is 0. The molecule has 2 N–H and O–H groups in total. The molecule has 22 heavy (non-hydrogen) atoms. The van der Waals surface area contributed by atoms with Gasteiger partial charge in [0.15, 0.2) is 5.13 Å². The van der Waals surface area contributed by atoms with Gasteiger partial charge in [-0.3, -0.25) is 5.32 Å². The Kier molecular flexibility index (Phi) is 4.16. The number of nitrogens with one attached hydrogen (secondary N) is 2. The number of thiazole rings is 1. The highest BCUT2D eigenvalue weighted by Crippen LogP contribution is 2.30. The Morgan fingerprint density at radius 3 is 2.27 bits per heavy atom. The fourth-order valence-electron chi connectivity index (χ4n) is 2.09. The number of nitrogens with zero attached hydrogens (tertiary/aromatic N) is 1. The third kappa shape index (κ3) is 3.32. The van der Waals surface area contributed by atoms with E-state index in [1.54, 1.807) is 0 Å². The van der Waals surface area contributed by atoms with Crippen LogP contribution >= 0.6 is 11.3 Å². The summed E-state index contributed by atoms with van der Waals surface area (Å²) in [4.78, 5) is 17.6. The highest BCUT2D eigenvalue weighted by atomic mass is 32.1. The van der Waals surface area contributed by atoms with Crippen molar-refractivity contribution in [3.05, 3.63) is 65.5 Å². The van der Waals surface area contributed by atoms with E-state index in [2.05, 4.69) is 15.6 Å². The zero-order valence-corrected chi connectivity index (χ0v) is 12.9. The lowest BCUT2D eigenvalue weighted by Gasteiger charge is -2.04. The topological polar surface area (TPSA) is 54.0 Å². The number of hydrogen-bond donors (Lipinski definition) is 2. The molecule has 0 aliphatic carbocycles. The third-order valence-corrected chi connectivity index (χ3v) is 3.98. The summed E-state index contributed by atoms with van der Waals surface area (Å²) in [6, 6.07) is 19.0. The Morgan fingerprint density at radius 2 is 1.59 bits per heavy atom. The van der Waals surface area contributed by atoms with Crippen LogP contribution in [0.4, 0.5) is 15.6 Å². The quantitative estimate of drug-likeness (QED) is 0.732. The van der Waals surface area contributed by atoms with E-state index in [0.717, 1.165) is 21.8 Å². The molecule has 2 amide bonds. The van der Waals surface area contributed by atoms with Gasteiger partial charge in [0.1, 0.15) is 0 Å². The van der Waals surface area contributed by atoms with E-state index in [1.165, 1.54) is 11.3 Å². The number of urea groups is 1. The number of anilines is 2. The number of benzene rings is 2. The van der Waals surface area contributed by atoms with E-state index in [4.69, 9.17) is 0 Å². The minimum absolute atomic E-state index is 0.292. The van der Waals surface area contributed by atoms with Crippen molar-refractivity contribution in [3.63, 3.8) is 0 Å². The molecule has 3 rings (SSSR count). The van der Waals surface area contributed by atoms with Gasteiger partial charge in [-0.05, 0) is 19.1 Å². The van der Waals surface area contributed by atoms with Crippen LogP contribution in [0.3, 0.4) is 0 Å². The number of carbonyl (C=O) groups is 1. The number of carbonyl (C=O) groups excluding carboxylic acids is 1. The van der Waals surface area contributed by atoms with Crippen LogP contribution in [-0.4, -0.2) is 11.0 Å². The first-order valence-corrected chi connectivity index (χ1v) is 7.70. The number of aryl methyl sites for hydroxylation is 1. The molecule has 0 atom stereocenters. The average Bonchev–Trinajstić information content (AvgIpc) is 2.89. The van der Waals surface area contributed by atoms with Gasteiger partial charge in [0, 0.05) is 16.1 Å². The highest BCUT2D eigenvalue weighted by molar-refractivity contribution is 7.16. The Bertz CT molecular complexity index is 769. The second kappa shape index (κ2) is 6.41. The normalized spacial score (nSPS) is 10.2. The molecule has 0 fully saturated rings. The van der Waals surface area contributed by atoms with Crippen molar-refractivity contribution in [2.45, 2.75) is 6.92 Å². The maximum absolute atomic E-state index is 12.0. The lowest BCUT2D eigenvalue weighted by Crippen LogP contribution is -2.19. The fourth-order valence-corrected chi connectivity index (χ4v) is 2.93. The predicted octanol–water partition coefficient (Wildman–Crippen LogP) is 4.76. The summed E-state index contributed by atoms with van der Waals surface area (Å²) in [5.41, 5.74) is 2.70. The molecule has 5 heteroatoms. The molecule has 0 aliphatic heterocycles. The van der Waals surface area contributed by atoms with Crippen LogP contribution in [0, 0.1) is 6.92 Å². The molecule has 3 aromatic rings. The Balaban J connectivity index is 1.73. The maximum Gasteiger partial charge on any atom is 0.325 e. The molecule has 0 aliphatic rings. The largest absolute Gasteiger partial charge is 0.325 e. The Labute approximate surface area is 132 Å². The molecule has 0 radical (unpaired) electrons. The standard InChI is InChI=1S/C17H15N3OS/c1-12-15(13-8-4-2-5-9-13)19-17(22-12)20-16(21)18-14-10-6-3-7-11-14/h2-11H,1H3,(H2,18,19,20,21). The average molecular weight is 309 g/mol. The molecule has 0 saturated carbocycles. The van der Waals surface area contributed by atoms with Crippen molar-refractivity contribution in [1.29, 1.82) is 0 Å².